The first-order valence-electron chi connectivity index (χ1n) is 4.21. The molecule has 0 saturated carbocycles. The van der Waals surface area contributed by atoms with Crippen LogP contribution in [0.5, 0.6) is 0 Å². The molecule has 3 heteroatoms. The molecule has 0 spiro atoms. The van der Waals surface area contributed by atoms with Crippen molar-refractivity contribution in [3.8, 4) is 0 Å². The molecule has 1 heterocycles. The van der Waals surface area contributed by atoms with Gasteiger partial charge in [0.1, 0.15) is 0 Å². The van der Waals surface area contributed by atoms with E-state index in [9.17, 15) is 0 Å². The first-order valence-corrected chi connectivity index (χ1v) is 4.21. The van der Waals surface area contributed by atoms with Crippen LogP contribution in [0.3, 0.4) is 0 Å². The molecule has 0 radical (unpaired) electrons. The number of hydrogen-bond donors (Lipinski definition) is 1. The Hall–Kier alpha value is -0.120. The Morgan fingerprint density at radius 2 is 2.36 bits per heavy atom. The zero-order valence-corrected chi connectivity index (χ0v) is 6.95. The van der Waals surface area contributed by atoms with Crippen LogP contribution in [0.2, 0.25) is 0 Å². The summed E-state index contributed by atoms with van der Waals surface area (Å²) in [4.78, 5) is 0. The van der Waals surface area contributed by atoms with Gasteiger partial charge in [-0.3, -0.25) is 0 Å². The average molecular weight is 160 g/mol. The standard InChI is InChI=1S/C8H16O3/c1-2-10-8-4-3-7(5-9)11-6-8/h7-9H,2-6H2,1H3/t7-,8+/m1/s1. The Morgan fingerprint density at radius 1 is 1.55 bits per heavy atom. The van der Waals surface area contributed by atoms with E-state index in [1.54, 1.807) is 0 Å². The van der Waals surface area contributed by atoms with E-state index in [2.05, 4.69) is 0 Å². The molecule has 0 aromatic rings. The summed E-state index contributed by atoms with van der Waals surface area (Å²) in [6, 6.07) is 0. The lowest BCUT2D eigenvalue weighted by atomic mass is 10.1. The van der Waals surface area contributed by atoms with E-state index in [0.717, 1.165) is 19.4 Å². The van der Waals surface area contributed by atoms with Crippen molar-refractivity contribution in [2.75, 3.05) is 19.8 Å². The number of ether oxygens (including phenoxy) is 2. The van der Waals surface area contributed by atoms with Crippen molar-refractivity contribution in [2.45, 2.75) is 32.0 Å². The smallest absolute Gasteiger partial charge is 0.0809 e. The van der Waals surface area contributed by atoms with Crippen LogP contribution in [-0.4, -0.2) is 37.1 Å². The number of rotatable bonds is 3. The molecule has 2 atom stereocenters. The van der Waals surface area contributed by atoms with Gasteiger partial charge >= 0.3 is 0 Å². The van der Waals surface area contributed by atoms with Crippen molar-refractivity contribution >= 4 is 0 Å². The molecule has 11 heavy (non-hydrogen) atoms. The molecule has 1 rings (SSSR count). The fourth-order valence-electron chi connectivity index (χ4n) is 1.29. The summed E-state index contributed by atoms with van der Waals surface area (Å²) in [5.41, 5.74) is 0. The average Bonchev–Trinajstić information content (AvgIpc) is 2.07. The second kappa shape index (κ2) is 4.70. The molecule has 1 aliphatic rings. The minimum Gasteiger partial charge on any atom is -0.394 e. The SMILES string of the molecule is CCO[C@H]1CC[C@H](CO)OC1. The Kier molecular flexibility index (Phi) is 3.83. The summed E-state index contributed by atoms with van der Waals surface area (Å²) < 4.78 is 10.7. The lowest BCUT2D eigenvalue weighted by Crippen LogP contribution is -2.33. The first kappa shape index (κ1) is 8.97. The molecule has 1 fully saturated rings. The van der Waals surface area contributed by atoms with Gasteiger partial charge in [0.2, 0.25) is 0 Å². The molecule has 3 nitrogen and oxygen atoms in total. The van der Waals surface area contributed by atoms with Crippen LogP contribution in [0.1, 0.15) is 19.8 Å². The molecule has 66 valence electrons. The maximum absolute atomic E-state index is 8.74. The highest BCUT2D eigenvalue weighted by Gasteiger charge is 2.20. The second-order valence-electron chi connectivity index (χ2n) is 2.79. The third-order valence-corrected chi connectivity index (χ3v) is 1.93. The number of aliphatic hydroxyl groups is 1. The van der Waals surface area contributed by atoms with E-state index in [1.165, 1.54) is 0 Å². The number of hydrogen-bond acceptors (Lipinski definition) is 3. The van der Waals surface area contributed by atoms with Crippen molar-refractivity contribution in [1.29, 1.82) is 0 Å². The Labute approximate surface area is 67.3 Å². The molecular formula is C8H16O3. The second-order valence-corrected chi connectivity index (χ2v) is 2.79. The fourth-order valence-corrected chi connectivity index (χ4v) is 1.29. The fraction of sp³-hybridized carbons (Fsp3) is 1.00. The maximum Gasteiger partial charge on any atom is 0.0809 e. The molecule has 1 N–H and O–H groups in total. The van der Waals surface area contributed by atoms with E-state index in [-0.39, 0.29) is 18.8 Å². The highest BCUT2D eigenvalue weighted by Crippen LogP contribution is 2.15. The minimum atomic E-state index is 0.0479. The molecule has 0 amide bonds. The van der Waals surface area contributed by atoms with E-state index >= 15 is 0 Å². The molecule has 0 bridgehead atoms. The topological polar surface area (TPSA) is 38.7 Å². The van der Waals surface area contributed by atoms with E-state index in [4.69, 9.17) is 14.6 Å². The molecule has 0 aromatic carbocycles. The Morgan fingerprint density at radius 3 is 2.82 bits per heavy atom. The minimum absolute atomic E-state index is 0.0479. The van der Waals surface area contributed by atoms with Crippen molar-refractivity contribution in [2.24, 2.45) is 0 Å². The predicted octanol–water partition coefficient (Wildman–Crippen LogP) is 0.563. The van der Waals surface area contributed by atoms with Crippen LogP contribution < -0.4 is 0 Å². The Bertz CT molecular complexity index is 97.5. The van der Waals surface area contributed by atoms with Crippen LogP contribution in [0, 0.1) is 0 Å². The predicted molar refractivity (Wildman–Crippen MR) is 41.5 cm³/mol. The van der Waals surface area contributed by atoms with Gasteiger partial charge in [-0.05, 0) is 19.8 Å². The summed E-state index contributed by atoms with van der Waals surface area (Å²) in [5, 5.41) is 8.74. The van der Waals surface area contributed by atoms with Crippen molar-refractivity contribution < 1.29 is 14.6 Å². The van der Waals surface area contributed by atoms with Crippen molar-refractivity contribution in [3.63, 3.8) is 0 Å². The van der Waals surface area contributed by atoms with Crippen LogP contribution >= 0.6 is 0 Å². The monoisotopic (exact) mass is 160 g/mol. The maximum atomic E-state index is 8.74. The zero-order valence-electron chi connectivity index (χ0n) is 6.95. The molecule has 0 aromatic heterocycles. The van der Waals surface area contributed by atoms with Gasteiger partial charge in [0, 0.05) is 6.61 Å². The molecule has 0 unspecified atom stereocenters. The van der Waals surface area contributed by atoms with E-state index in [0.29, 0.717) is 6.61 Å². The van der Waals surface area contributed by atoms with Gasteiger partial charge in [-0.15, -0.1) is 0 Å². The number of aliphatic hydroxyl groups excluding tert-OH is 1. The van der Waals surface area contributed by atoms with Gasteiger partial charge in [0.15, 0.2) is 0 Å². The highest BCUT2D eigenvalue weighted by atomic mass is 16.5. The normalized spacial score (nSPS) is 32.2. The molecule has 1 aliphatic heterocycles. The Balaban J connectivity index is 2.14. The van der Waals surface area contributed by atoms with Gasteiger partial charge in [0.05, 0.1) is 25.4 Å². The zero-order chi connectivity index (χ0) is 8.10. The molecule has 0 aliphatic carbocycles. The first-order chi connectivity index (χ1) is 5.36. The quantitative estimate of drug-likeness (QED) is 0.655. The van der Waals surface area contributed by atoms with Gasteiger partial charge in [-0.25, -0.2) is 0 Å². The summed E-state index contributed by atoms with van der Waals surface area (Å²) in [7, 11) is 0. The highest BCUT2D eigenvalue weighted by molar-refractivity contribution is 4.69. The molecule has 1 saturated heterocycles. The summed E-state index contributed by atoms with van der Waals surface area (Å²) >= 11 is 0. The third kappa shape index (κ3) is 2.77. The lowest BCUT2D eigenvalue weighted by molar-refractivity contribution is -0.0956. The van der Waals surface area contributed by atoms with Crippen LogP contribution in [0.25, 0.3) is 0 Å². The largest absolute Gasteiger partial charge is 0.394 e. The molecular weight excluding hydrogens is 144 g/mol. The van der Waals surface area contributed by atoms with Crippen LogP contribution in [0.4, 0.5) is 0 Å². The van der Waals surface area contributed by atoms with Crippen LogP contribution in [0.15, 0.2) is 0 Å². The van der Waals surface area contributed by atoms with E-state index < -0.39 is 0 Å². The van der Waals surface area contributed by atoms with Gasteiger partial charge in [-0.2, -0.15) is 0 Å². The third-order valence-electron chi connectivity index (χ3n) is 1.93. The van der Waals surface area contributed by atoms with Gasteiger partial charge in [-0.1, -0.05) is 0 Å². The van der Waals surface area contributed by atoms with Crippen molar-refractivity contribution in [1.82, 2.24) is 0 Å². The van der Waals surface area contributed by atoms with E-state index in [1.807, 2.05) is 6.92 Å². The van der Waals surface area contributed by atoms with Crippen LogP contribution in [-0.2, 0) is 9.47 Å². The summed E-state index contributed by atoms with van der Waals surface area (Å²) in [6.07, 6.45) is 2.23. The summed E-state index contributed by atoms with van der Waals surface area (Å²) in [6.45, 7) is 3.51. The lowest BCUT2D eigenvalue weighted by Gasteiger charge is -2.27. The van der Waals surface area contributed by atoms with Gasteiger partial charge in [0.25, 0.3) is 0 Å². The van der Waals surface area contributed by atoms with Gasteiger partial charge < -0.3 is 14.6 Å². The van der Waals surface area contributed by atoms with Crippen molar-refractivity contribution in [3.05, 3.63) is 0 Å². The summed E-state index contributed by atoms with van der Waals surface area (Å²) in [5.74, 6) is 0.